The number of carboxylic acids is 1. The Morgan fingerprint density at radius 3 is 2.70 bits per heavy atom. The molecule has 0 heterocycles. The van der Waals surface area contributed by atoms with Crippen LogP contribution in [-0.4, -0.2) is 11.1 Å². The first-order valence-corrected chi connectivity index (χ1v) is 2.43. The summed E-state index contributed by atoms with van der Waals surface area (Å²) in [5.74, 6) is -1.91. The van der Waals surface area contributed by atoms with Crippen molar-refractivity contribution < 1.29 is 19.5 Å². The molecule has 2 heteroatoms. The molecule has 0 fully saturated rings. The number of aliphatic carboxylic acids is 1. The smallest absolute Gasteiger partial charge is 0.307 e. The molecule has 0 aromatic heterocycles. The number of hydrogen-bond donors (Lipinski definition) is 1. The van der Waals surface area contributed by atoms with Gasteiger partial charge in [-0.05, 0) is 5.56 Å². The van der Waals surface area contributed by atoms with Crippen molar-refractivity contribution in [1.29, 1.82) is 0 Å². The number of hydrogen-bond acceptors (Lipinski definition) is 1. The summed E-state index contributed by atoms with van der Waals surface area (Å²) in [6, 6.07) is -3.89. The highest BCUT2D eigenvalue weighted by atomic mass is 16.4. The second-order valence-corrected chi connectivity index (χ2v) is 1.43. The van der Waals surface area contributed by atoms with Gasteiger partial charge in [-0.3, -0.25) is 4.79 Å². The van der Waals surface area contributed by atoms with Gasteiger partial charge in [0.05, 0.1) is 13.2 Å². The van der Waals surface area contributed by atoms with Crippen LogP contribution in [0, 0.1) is 0 Å². The second kappa shape index (κ2) is 3.01. The van der Waals surface area contributed by atoms with Gasteiger partial charge in [0, 0.05) is 2.74 Å². The van der Waals surface area contributed by atoms with Gasteiger partial charge in [-0.15, -0.1) is 0 Å². The zero-order valence-electron chi connectivity index (χ0n) is 11.9. The molecule has 1 rings (SSSR count). The van der Waals surface area contributed by atoms with Crippen molar-refractivity contribution in [3.63, 3.8) is 0 Å². The number of carboxylic acid groups (broad SMARTS) is 1. The fourth-order valence-electron chi connectivity index (χ4n) is 0.419. The van der Waals surface area contributed by atoms with E-state index in [0.717, 1.165) is 0 Å². The third kappa shape index (κ3) is 1.90. The molecule has 0 bridgehead atoms. The molecule has 0 aliphatic rings. The van der Waals surface area contributed by atoms with Crippen molar-refractivity contribution >= 4 is 5.97 Å². The van der Waals surface area contributed by atoms with Crippen molar-refractivity contribution in [2.45, 2.75) is 6.37 Å². The van der Waals surface area contributed by atoms with Gasteiger partial charge in [0.1, 0.15) is 0 Å². The molecule has 1 N–H and O–H groups in total. The molecule has 1 aromatic rings. The Balaban J connectivity index is 3.72. The Kier molecular flexibility index (Phi) is 0.629. The summed E-state index contributed by atoms with van der Waals surface area (Å²) in [7, 11) is 0. The summed E-state index contributed by atoms with van der Waals surface area (Å²) in [5.41, 5.74) is -0.865. The van der Waals surface area contributed by atoms with Crippen LogP contribution in [-0.2, 0) is 11.2 Å². The van der Waals surface area contributed by atoms with E-state index in [4.69, 9.17) is 14.7 Å². The van der Waals surface area contributed by atoms with E-state index in [1.807, 2.05) is 0 Å². The van der Waals surface area contributed by atoms with Gasteiger partial charge in [-0.2, -0.15) is 0 Å². The quantitative estimate of drug-likeness (QED) is 0.677. The molecule has 10 heavy (non-hydrogen) atoms. The Hall–Kier alpha value is -1.31. The number of benzene rings is 1. The molecule has 0 amide bonds. The molecule has 0 unspecified atom stereocenters. The van der Waals surface area contributed by atoms with Crippen molar-refractivity contribution in [1.82, 2.24) is 0 Å². The van der Waals surface area contributed by atoms with E-state index < -0.39 is 48.1 Å². The first kappa shape index (κ1) is 2.09. The fraction of sp³-hybridized carbons (Fsp3) is 0.125. The minimum atomic E-state index is -3.03. The molecule has 2 nitrogen and oxygen atoms in total. The Labute approximate surface area is 69.0 Å². The maximum Gasteiger partial charge on any atom is 0.307 e. The van der Waals surface area contributed by atoms with Gasteiger partial charge in [-0.1, -0.05) is 30.2 Å². The predicted molar refractivity (Wildman–Crippen MR) is 37.8 cm³/mol. The van der Waals surface area contributed by atoms with Crippen LogP contribution in [0.1, 0.15) is 15.2 Å². The molecule has 0 aliphatic heterocycles. The van der Waals surface area contributed by atoms with Gasteiger partial charge in [-0.25, -0.2) is 0 Å². The highest BCUT2D eigenvalue weighted by Crippen LogP contribution is 1.98. The maximum atomic E-state index is 10.7. The lowest BCUT2D eigenvalue weighted by Crippen LogP contribution is -1.98. The first-order chi connectivity index (χ1) is 7.62. The van der Waals surface area contributed by atoms with Crippen LogP contribution in [0.4, 0.5) is 0 Å². The third-order valence-electron chi connectivity index (χ3n) is 0.732. The molecule has 52 valence electrons. The fourth-order valence-corrected chi connectivity index (χ4v) is 0.419. The van der Waals surface area contributed by atoms with Crippen LogP contribution in [0.15, 0.2) is 30.2 Å². The molecule has 0 aliphatic carbocycles. The monoisotopic (exact) mass is 143 g/mol. The Morgan fingerprint density at radius 2 is 2.20 bits per heavy atom. The van der Waals surface area contributed by atoms with Crippen LogP contribution < -0.4 is 0 Å². The normalized spacial score (nSPS) is 20.6. The first-order valence-electron chi connectivity index (χ1n) is 5.93. The minimum absolute atomic E-state index is 0.690. The highest BCUT2D eigenvalue weighted by molar-refractivity contribution is 5.70. The minimum Gasteiger partial charge on any atom is -0.481 e. The average molecular weight is 143 g/mol. The van der Waals surface area contributed by atoms with Gasteiger partial charge in [0.25, 0.3) is 0 Å². The topological polar surface area (TPSA) is 37.3 Å². The maximum absolute atomic E-state index is 10.7. The van der Waals surface area contributed by atoms with Crippen molar-refractivity contribution in [2.75, 3.05) is 0 Å². The molecule has 0 saturated carbocycles. The van der Waals surface area contributed by atoms with Gasteiger partial charge in [0.2, 0.25) is 0 Å². The summed E-state index contributed by atoms with van der Waals surface area (Å²) in [5, 5.41) is 8.68. The van der Waals surface area contributed by atoms with Crippen molar-refractivity contribution in [2.24, 2.45) is 0 Å². The number of rotatable bonds is 2. The number of carbonyl (C=O) groups is 1. The summed E-state index contributed by atoms with van der Waals surface area (Å²) in [6.07, 6.45) is -3.03. The third-order valence-corrected chi connectivity index (χ3v) is 0.732. The zero-order valence-corrected chi connectivity index (χ0v) is 4.86. The molecule has 0 atom stereocenters. The molecule has 0 spiro atoms. The van der Waals surface area contributed by atoms with Crippen LogP contribution in [0.2, 0.25) is 0 Å². The predicted octanol–water partition coefficient (Wildman–Crippen LogP) is 1.31. The summed E-state index contributed by atoms with van der Waals surface area (Å²) in [4.78, 5) is 10.7. The lowest BCUT2D eigenvalue weighted by Gasteiger charge is -1.92. The SMILES string of the molecule is [2H]c1c([2H])c([2H])c(C([2H])([2H])C(=O)O)c([2H])c1[2H]. The van der Waals surface area contributed by atoms with Gasteiger partial charge in [0.15, 0.2) is 0 Å². The lowest BCUT2D eigenvalue weighted by atomic mass is 10.2. The summed E-state index contributed by atoms with van der Waals surface area (Å²) in [6.45, 7) is 0. The van der Waals surface area contributed by atoms with Crippen LogP contribution in [0.5, 0.6) is 0 Å². The van der Waals surface area contributed by atoms with E-state index in [1.54, 1.807) is 0 Å². The molecular formula is C8H8O2. The molecule has 0 saturated heterocycles. The van der Waals surface area contributed by atoms with E-state index in [1.165, 1.54) is 0 Å². The van der Waals surface area contributed by atoms with E-state index in [2.05, 4.69) is 0 Å². The van der Waals surface area contributed by atoms with E-state index in [0.29, 0.717) is 0 Å². The van der Waals surface area contributed by atoms with Crippen LogP contribution in [0.25, 0.3) is 0 Å². The Bertz CT molecular complexity index is 468. The van der Waals surface area contributed by atoms with E-state index in [-0.39, 0.29) is 0 Å². The molecular weight excluding hydrogens is 128 g/mol. The van der Waals surface area contributed by atoms with E-state index in [9.17, 15) is 4.79 Å². The Morgan fingerprint density at radius 1 is 1.60 bits per heavy atom. The molecule has 0 radical (unpaired) electrons. The van der Waals surface area contributed by atoms with Crippen molar-refractivity contribution in [3.8, 4) is 0 Å². The average Bonchev–Trinajstić information content (AvgIpc) is 2.23. The van der Waals surface area contributed by atoms with Crippen molar-refractivity contribution in [3.05, 3.63) is 35.8 Å². The highest BCUT2D eigenvalue weighted by Gasteiger charge is 1.96. The van der Waals surface area contributed by atoms with Crippen LogP contribution in [0.3, 0.4) is 0 Å². The van der Waals surface area contributed by atoms with Crippen LogP contribution >= 0.6 is 0 Å². The van der Waals surface area contributed by atoms with Gasteiger partial charge < -0.3 is 5.11 Å². The largest absolute Gasteiger partial charge is 0.481 e. The molecule has 1 aromatic carbocycles. The standard InChI is InChI=1S/C8H8O2/c9-8(10)6-7-4-2-1-3-5-7/h1-5H,6H2,(H,9,10)/i1D,2D,3D,4D,5D,6D2. The second-order valence-electron chi connectivity index (χ2n) is 1.43. The zero-order chi connectivity index (χ0) is 13.5. The summed E-state index contributed by atoms with van der Waals surface area (Å²) < 4.78 is 51.2. The van der Waals surface area contributed by atoms with Gasteiger partial charge >= 0.3 is 5.97 Å². The van der Waals surface area contributed by atoms with E-state index >= 15 is 0 Å². The lowest BCUT2D eigenvalue weighted by molar-refractivity contribution is -0.136. The summed E-state index contributed by atoms with van der Waals surface area (Å²) >= 11 is 0.